The number of ether oxygens (including phenoxy) is 1. The molecule has 2 rings (SSSR count). The molecular formula is C18H18Cl2N2O2. The second kappa shape index (κ2) is 8.71. The number of halogens is 2. The van der Waals surface area contributed by atoms with Crippen molar-refractivity contribution in [1.82, 2.24) is 5.43 Å². The smallest absolute Gasteiger partial charge is 0.280 e. The molecule has 1 unspecified atom stereocenters. The molecule has 0 bridgehead atoms. The highest BCUT2D eigenvalue weighted by Gasteiger charge is 2.16. The molecule has 4 nitrogen and oxygen atoms in total. The molecule has 0 saturated heterocycles. The molecule has 0 aliphatic carbocycles. The standard InChI is InChI=1S/C18H18Cl2N2O2/c1-3-16(13-7-5-4-6-8-13)21-22-18(23)12(2)24-17-10-9-14(19)11-15(17)20/h4-12H,3H2,1-2H3,(H,22,23). The van der Waals surface area contributed by atoms with Crippen LogP contribution in [0.3, 0.4) is 0 Å². The molecule has 1 atom stereocenters. The van der Waals surface area contributed by atoms with Gasteiger partial charge in [0.25, 0.3) is 5.91 Å². The molecule has 24 heavy (non-hydrogen) atoms. The van der Waals surface area contributed by atoms with Gasteiger partial charge in [-0.2, -0.15) is 5.10 Å². The van der Waals surface area contributed by atoms with Crippen LogP contribution >= 0.6 is 23.2 Å². The third-order valence-electron chi connectivity index (χ3n) is 3.31. The van der Waals surface area contributed by atoms with Gasteiger partial charge in [-0.05, 0) is 37.1 Å². The summed E-state index contributed by atoms with van der Waals surface area (Å²) in [6.07, 6.45) is -0.0518. The average Bonchev–Trinajstić information content (AvgIpc) is 2.58. The van der Waals surface area contributed by atoms with E-state index >= 15 is 0 Å². The lowest BCUT2D eigenvalue weighted by Crippen LogP contribution is -2.34. The predicted octanol–water partition coefficient (Wildman–Crippen LogP) is 4.69. The molecule has 0 saturated carbocycles. The third-order valence-corrected chi connectivity index (χ3v) is 3.84. The van der Waals surface area contributed by atoms with E-state index < -0.39 is 6.10 Å². The van der Waals surface area contributed by atoms with Gasteiger partial charge in [0.05, 0.1) is 10.7 Å². The van der Waals surface area contributed by atoms with Crippen molar-refractivity contribution in [3.63, 3.8) is 0 Å². The molecule has 0 aliphatic rings. The van der Waals surface area contributed by atoms with Crippen molar-refractivity contribution in [2.75, 3.05) is 0 Å². The summed E-state index contributed by atoms with van der Waals surface area (Å²) in [4.78, 5) is 12.2. The molecule has 6 heteroatoms. The van der Waals surface area contributed by atoms with E-state index in [4.69, 9.17) is 27.9 Å². The monoisotopic (exact) mass is 364 g/mol. The number of benzene rings is 2. The van der Waals surface area contributed by atoms with Gasteiger partial charge >= 0.3 is 0 Å². The minimum Gasteiger partial charge on any atom is -0.479 e. The molecule has 0 spiro atoms. The van der Waals surface area contributed by atoms with Crippen LogP contribution in [0.4, 0.5) is 0 Å². The molecule has 126 valence electrons. The fourth-order valence-corrected chi connectivity index (χ4v) is 2.46. The quantitative estimate of drug-likeness (QED) is 0.596. The van der Waals surface area contributed by atoms with Gasteiger partial charge in [-0.1, -0.05) is 60.5 Å². The molecule has 1 N–H and O–H groups in total. The third kappa shape index (κ3) is 4.98. The molecule has 0 aromatic heterocycles. The maximum Gasteiger partial charge on any atom is 0.280 e. The second-order valence-electron chi connectivity index (χ2n) is 5.09. The van der Waals surface area contributed by atoms with Crippen molar-refractivity contribution in [1.29, 1.82) is 0 Å². The minimum absolute atomic E-state index is 0.351. The van der Waals surface area contributed by atoms with E-state index in [1.54, 1.807) is 25.1 Å². The Bertz CT molecular complexity index is 733. The van der Waals surface area contributed by atoms with Crippen LogP contribution in [0, 0.1) is 0 Å². The zero-order valence-corrected chi connectivity index (χ0v) is 14.9. The van der Waals surface area contributed by atoms with Gasteiger partial charge in [-0.15, -0.1) is 0 Å². The van der Waals surface area contributed by atoms with Gasteiger partial charge in [0.15, 0.2) is 6.10 Å². The molecule has 2 aromatic rings. The van der Waals surface area contributed by atoms with E-state index in [0.29, 0.717) is 22.2 Å². The SMILES string of the molecule is CCC(=NNC(=O)C(C)Oc1ccc(Cl)cc1Cl)c1ccccc1. The normalized spacial score (nSPS) is 12.6. The van der Waals surface area contributed by atoms with Gasteiger partial charge < -0.3 is 4.74 Å². The van der Waals surface area contributed by atoms with E-state index in [9.17, 15) is 4.79 Å². The number of rotatable bonds is 6. The summed E-state index contributed by atoms with van der Waals surface area (Å²) in [7, 11) is 0. The Hall–Kier alpha value is -2.04. The fourth-order valence-electron chi connectivity index (χ4n) is 2.01. The van der Waals surface area contributed by atoms with Crippen LogP contribution in [0.1, 0.15) is 25.8 Å². The summed E-state index contributed by atoms with van der Waals surface area (Å²) in [5, 5.41) is 5.05. The highest BCUT2D eigenvalue weighted by atomic mass is 35.5. The van der Waals surface area contributed by atoms with Crippen molar-refractivity contribution in [2.24, 2.45) is 5.10 Å². The van der Waals surface area contributed by atoms with Crippen molar-refractivity contribution < 1.29 is 9.53 Å². The van der Waals surface area contributed by atoms with Crippen molar-refractivity contribution >= 4 is 34.8 Å². The number of hydrogen-bond acceptors (Lipinski definition) is 3. The summed E-state index contributed by atoms with van der Waals surface area (Å²) in [5.41, 5.74) is 4.30. The van der Waals surface area contributed by atoms with Crippen LogP contribution in [0.15, 0.2) is 53.6 Å². The lowest BCUT2D eigenvalue weighted by Gasteiger charge is -2.14. The summed E-state index contributed by atoms with van der Waals surface area (Å²) in [6.45, 7) is 3.61. The van der Waals surface area contributed by atoms with E-state index in [1.807, 2.05) is 37.3 Å². The van der Waals surface area contributed by atoms with Crippen molar-refractivity contribution in [2.45, 2.75) is 26.4 Å². The molecule has 1 amide bonds. The van der Waals surface area contributed by atoms with Crippen LogP contribution in [0.2, 0.25) is 10.0 Å². The summed E-state index contributed by atoms with van der Waals surface area (Å²) >= 11 is 11.9. The van der Waals surface area contributed by atoms with Crippen LogP contribution in [0.25, 0.3) is 0 Å². The first-order valence-electron chi connectivity index (χ1n) is 7.54. The first-order valence-corrected chi connectivity index (χ1v) is 8.30. The molecule has 2 aromatic carbocycles. The predicted molar refractivity (Wildman–Crippen MR) is 98.0 cm³/mol. The highest BCUT2D eigenvalue weighted by Crippen LogP contribution is 2.28. The summed E-state index contributed by atoms with van der Waals surface area (Å²) < 4.78 is 5.56. The Balaban J connectivity index is 2.01. The van der Waals surface area contributed by atoms with Crippen LogP contribution in [0.5, 0.6) is 5.75 Å². The number of amides is 1. The summed E-state index contributed by atoms with van der Waals surface area (Å²) in [6, 6.07) is 14.5. The molecule has 0 fully saturated rings. The number of nitrogens with zero attached hydrogens (tertiary/aromatic N) is 1. The highest BCUT2D eigenvalue weighted by molar-refractivity contribution is 6.35. The van der Waals surface area contributed by atoms with Crippen molar-refractivity contribution in [3.05, 3.63) is 64.1 Å². The Kier molecular flexibility index (Phi) is 6.64. The Morgan fingerprint density at radius 2 is 1.92 bits per heavy atom. The van der Waals surface area contributed by atoms with E-state index in [-0.39, 0.29) is 5.91 Å². The lowest BCUT2D eigenvalue weighted by molar-refractivity contribution is -0.127. The number of nitrogens with one attached hydrogen (secondary N) is 1. The topological polar surface area (TPSA) is 50.7 Å². The number of hydrazone groups is 1. The Labute approximate surface area is 151 Å². The molecular weight excluding hydrogens is 347 g/mol. The maximum absolute atomic E-state index is 12.2. The van der Waals surface area contributed by atoms with Gasteiger partial charge in [0.2, 0.25) is 0 Å². The van der Waals surface area contributed by atoms with Crippen LogP contribution in [-0.4, -0.2) is 17.7 Å². The van der Waals surface area contributed by atoms with Gasteiger partial charge in [-0.25, -0.2) is 5.43 Å². The van der Waals surface area contributed by atoms with E-state index in [0.717, 1.165) is 11.3 Å². The molecule has 0 radical (unpaired) electrons. The first-order chi connectivity index (χ1) is 11.5. The van der Waals surface area contributed by atoms with Crippen molar-refractivity contribution in [3.8, 4) is 5.75 Å². The number of carbonyl (C=O) groups is 1. The average molecular weight is 365 g/mol. The van der Waals surface area contributed by atoms with E-state index in [1.165, 1.54) is 0 Å². The number of carbonyl (C=O) groups excluding carboxylic acids is 1. The zero-order chi connectivity index (χ0) is 17.5. The van der Waals surface area contributed by atoms with Gasteiger partial charge in [0, 0.05) is 5.02 Å². The van der Waals surface area contributed by atoms with E-state index in [2.05, 4.69) is 10.5 Å². The van der Waals surface area contributed by atoms with Gasteiger partial charge in [-0.3, -0.25) is 4.79 Å². The van der Waals surface area contributed by atoms with Gasteiger partial charge in [0.1, 0.15) is 5.75 Å². The lowest BCUT2D eigenvalue weighted by atomic mass is 10.1. The summed E-state index contributed by atoms with van der Waals surface area (Å²) in [5.74, 6) is 0.0365. The fraction of sp³-hybridized carbons (Fsp3) is 0.222. The molecule has 0 aliphatic heterocycles. The largest absolute Gasteiger partial charge is 0.479 e. The zero-order valence-electron chi connectivity index (χ0n) is 13.4. The molecule has 0 heterocycles. The Morgan fingerprint density at radius 3 is 2.54 bits per heavy atom. The van der Waals surface area contributed by atoms with Crippen LogP contribution in [-0.2, 0) is 4.79 Å². The Morgan fingerprint density at radius 1 is 1.21 bits per heavy atom. The number of hydrogen-bond donors (Lipinski definition) is 1. The minimum atomic E-state index is -0.749. The second-order valence-corrected chi connectivity index (χ2v) is 5.93. The maximum atomic E-state index is 12.2. The van der Waals surface area contributed by atoms with Crippen LogP contribution < -0.4 is 10.2 Å². The first kappa shape index (κ1) is 18.3.